The summed E-state index contributed by atoms with van der Waals surface area (Å²) in [5.74, 6) is 0.0459. The molecule has 2 rings (SSSR count). The molecular formula is C10H12BrNO4S. The fraction of sp³-hybridized carbons (Fsp3) is 0.500. The van der Waals surface area contributed by atoms with Crippen molar-refractivity contribution in [2.24, 2.45) is 0 Å². The monoisotopic (exact) mass is 321 g/mol. The molecule has 1 amide bonds. The number of carbonyl (C=O) groups is 1. The zero-order valence-corrected chi connectivity index (χ0v) is 11.4. The molecule has 17 heavy (non-hydrogen) atoms. The Kier molecular flexibility index (Phi) is 3.58. The Morgan fingerprint density at radius 1 is 1.41 bits per heavy atom. The lowest BCUT2D eigenvalue weighted by atomic mass is 10.1. The normalized spacial score (nSPS) is 20.1. The van der Waals surface area contributed by atoms with Crippen LogP contribution in [0.25, 0.3) is 0 Å². The zero-order valence-electron chi connectivity index (χ0n) is 8.98. The second-order valence-electron chi connectivity index (χ2n) is 4.01. The molecule has 0 bridgehead atoms. The molecule has 0 unspecified atom stereocenters. The van der Waals surface area contributed by atoms with Crippen LogP contribution < -0.4 is 5.32 Å². The summed E-state index contributed by atoms with van der Waals surface area (Å²) in [4.78, 5) is 11.8. The highest BCUT2D eigenvalue weighted by Gasteiger charge is 2.25. The van der Waals surface area contributed by atoms with Gasteiger partial charge in [-0.05, 0) is 34.8 Å². The van der Waals surface area contributed by atoms with E-state index in [4.69, 9.17) is 4.42 Å². The quantitative estimate of drug-likeness (QED) is 0.892. The van der Waals surface area contributed by atoms with Crippen LogP contribution in [0.1, 0.15) is 23.2 Å². The van der Waals surface area contributed by atoms with E-state index in [1.807, 2.05) is 0 Å². The maximum absolute atomic E-state index is 11.8. The van der Waals surface area contributed by atoms with E-state index in [-0.39, 0.29) is 23.5 Å². The van der Waals surface area contributed by atoms with Gasteiger partial charge in [-0.3, -0.25) is 4.79 Å². The number of sulfone groups is 1. The van der Waals surface area contributed by atoms with Gasteiger partial charge in [0.25, 0.3) is 5.91 Å². The summed E-state index contributed by atoms with van der Waals surface area (Å²) in [6, 6.07) is 1.49. The van der Waals surface area contributed by atoms with Gasteiger partial charge in [0.2, 0.25) is 0 Å². The van der Waals surface area contributed by atoms with Crippen molar-refractivity contribution in [2.45, 2.75) is 18.9 Å². The molecule has 0 atom stereocenters. The van der Waals surface area contributed by atoms with Crippen molar-refractivity contribution >= 4 is 31.7 Å². The van der Waals surface area contributed by atoms with E-state index in [0.717, 1.165) is 0 Å². The Labute approximate surface area is 108 Å². The van der Waals surface area contributed by atoms with E-state index in [2.05, 4.69) is 21.2 Å². The third-order valence-electron chi connectivity index (χ3n) is 2.75. The van der Waals surface area contributed by atoms with Gasteiger partial charge in [0.05, 0.1) is 23.3 Å². The van der Waals surface area contributed by atoms with E-state index in [0.29, 0.717) is 23.1 Å². The summed E-state index contributed by atoms with van der Waals surface area (Å²) in [7, 11) is -2.89. The van der Waals surface area contributed by atoms with Crippen LogP contribution in [0.5, 0.6) is 0 Å². The lowest BCUT2D eigenvalue weighted by Crippen LogP contribution is -2.40. The first-order chi connectivity index (χ1) is 7.98. The molecule has 7 heteroatoms. The first kappa shape index (κ1) is 12.6. The number of halogens is 1. The van der Waals surface area contributed by atoms with E-state index >= 15 is 0 Å². The molecule has 1 fully saturated rings. The summed E-state index contributed by atoms with van der Waals surface area (Å²) >= 11 is 3.13. The molecule has 0 spiro atoms. The van der Waals surface area contributed by atoms with Crippen LogP contribution in [0, 0.1) is 0 Å². The van der Waals surface area contributed by atoms with Gasteiger partial charge in [-0.1, -0.05) is 0 Å². The predicted molar refractivity (Wildman–Crippen MR) is 65.6 cm³/mol. The summed E-state index contributed by atoms with van der Waals surface area (Å²) in [6.45, 7) is 0. The molecule has 1 aromatic rings. The summed E-state index contributed by atoms with van der Waals surface area (Å²) in [5.41, 5.74) is 0.429. The number of carbonyl (C=O) groups excluding carboxylic acids is 1. The first-order valence-corrected chi connectivity index (χ1v) is 7.84. The maximum Gasteiger partial charge on any atom is 0.255 e. The molecule has 0 saturated carbocycles. The van der Waals surface area contributed by atoms with Crippen molar-refractivity contribution in [3.8, 4) is 0 Å². The van der Waals surface area contributed by atoms with E-state index in [1.54, 1.807) is 6.07 Å². The lowest BCUT2D eigenvalue weighted by Gasteiger charge is -2.22. The molecule has 94 valence electrons. The van der Waals surface area contributed by atoms with Crippen molar-refractivity contribution in [3.63, 3.8) is 0 Å². The highest BCUT2D eigenvalue weighted by molar-refractivity contribution is 9.10. The van der Waals surface area contributed by atoms with Crippen molar-refractivity contribution in [1.82, 2.24) is 5.32 Å². The Morgan fingerprint density at radius 3 is 2.59 bits per heavy atom. The van der Waals surface area contributed by atoms with Gasteiger partial charge < -0.3 is 9.73 Å². The average molecular weight is 322 g/mol. The van der Waals surface area contributed by atoms with Crippen LogP contribution in [-0.2, 0) is 9.84 Å². The molecule has 1 saturated heterocycles. The van der Waals surface area contributed by atoms with E-state index in [1.165, 1.54) is 6.26 Å². The number of furan rings is 1. The zero-order chi connectivity index (χ0) is 12.5. The predicted octanol–water partition coefficient (Wildman–Crippen LogP) is 1.35. The molecule has 1 aliphatic rings. The summed E-state index contributed by atoms with van der Waals surface area (Å²) < 4.78 is 27.8. The van der Waals surface area contributed by atoms with Crippen molar-refractivity contribution in [3.05, 3.63) is 22.6 Å². The van der Waals surface area contributed by atoms with Crippen molar-refractivity contribution in [2.75, 3.05) is 11.5 Å². The molecule has 0 aromatic carbocycles. The number of hydrogen-bond donors (Lipinski definition) is 1. The van der Waals surface area contributed by atoms with E-state index in [9.17, 15) is 13.2 Å². The molecular weight excluding hydrogens is 310 g/mol. The van der Waals surface area contributed by atoms with E-state index < -0.39 is 9.84 Å². The largest absolute Gasteiger partial charge is 0.457 e. The Hall–Kier alpha value is -0.820. The van der Waals surface area contributed by atoms with Gasteiger partial charge in [0.1, 0.15) is 9.84 Å². The highest BCUT2D eigenvalue weighted by atomic mass is 79.9. The molecule has 0 aliphatic carbocycles. The Balaban J connectivity index is 1.95. The second kappa shape index (κ2) is 4.81. The second-order valence-corrected chi connectivity index (χ2v) is 7.03. The van der Waals surface area contributed by atoms with Crippen LogP contribution in [-0.4, -0.2) is 31.9 Å². The first-order valence-electron chi connectivity index (χ1n) is 5.22. The standard InChI is InChI=1S/C10H12BrNO4S/c11-9-8(1-4-16-9)10(13)12-7-2-5-17(14,15)6-3-7/h1,4,7H,2-3,5-6H2,(H,12,13). The summed E-state index contributed by atoms with van der Waals surface area (Å²) in [5, 5.41) is 2.81. The number of amides is 1. The Bertz CT molecular complexity index is 508. The fourth-order valence-corrected chi connectivity index (χ4v) is 3.66. The van der Waals surface area contributed by atoms with Gasteiger partial charge in [-0.2, -0.15) is 0 Å². The molecule has 1 N–H and O–H groups in total. The SMILES string of the molecule is O=C(NC1CCS(=O)(=O)CC1)c1ccoc1Br. The smallest absolute Gasteiger partial charge is 0.255 e. The maximum atomic E-state index is 11.8. The minimum atomic E-state index is -2.89. The third kappa shape index (κ3) is 3.10. The fourth-order valence-electron chi connectivity index (χ4n) is 1.75. The van der Waals surface area contributed by atoms with Crippen LogP contribution >= 0.6 is 15.9 Å². The van der Waals surface area contributed by atoms with Gasteiger partial charge in [-0.25, -0.2) is 8.42 Å². The van der Waals surface area contributed by atoms with Crippen LogP contribution in [0.4, 0.5) is 0 Å². The minimum absolute atomic E-state index is 0.0761. The molecule has 0 radical (unpaired) electrons. The highest BCUT2D eigenvalue weighted by Crippen LogP contribution is 2.18. The number of nitrogens with one attached hydrogen (secondary N) is 1. The third-order valence-corrected chi connectivity index (χ3v) is 5.08. The van der Waals surface area contributed by atoms with Gasteiger partial charge in [0.15, 0.2) is 4.67 Å². The summed E-state index contributed by atoms with van der Waals surface area (Å²) in [6.07, 6.45) is 2.37. The van der Waals surface area contributed by atoms with Gasteiger partial charge >= 0.3 is 0 Å². The van der Waals surface area contributed by atoms with Crippen LogP contribution in [0.2, 0.25) is 0 Å². The number of hydrogen-bond acceptors (Lipinski definition) is 4. The minimum Gasteiger partial charge on any atom is -0.457 e. The van der Waals surface area contributed by atoms with Gasteiger partial charge in [0, 0.05) is 6.04 Å². The molecule has 2 heterocycles. The van der Waals surface area contributed by atoms with Crippen molar-refractivity contribution < 1.29 is 17.6 Å². The topological polar surface area (TPSA) is 76.4 Å². The van der Waals surface area contributed by atoms with Crippen LogP contribution in [0.3, 0.4) is 0 Å². The molecule has 5 nitrogen and oxygen atoms in total. The molecule has 1 aromatic heterocycles. The average Bonchev–Trinajstić information content (AvgIpc) is 2.68. The molecule has 1 aliphatic heterocycles. The van der Waals surface area contributed by atoms with Crippen LogP contribution in [0.15, 0.2) is 21.4 Å². The lowest BCUT2D eigenvalue weighted by molar-refractivity contribution is 0.0932. The van der Waals surface area contributed by atoms with Crippen molar-refractivity contribution in [1.29, 1.82) is 0 Å². The Morgan fingerprint density at radius 2 is 2.06 bits per heavy atom. The number of rotatable bonds is 2. The van der Waals surface area contributed by atoms with Gasteiger partial charge in [-0.15, -0.1) is 0 Å².